The van der Waals surface area contributed by atoms with Crippen molar-refractivity contribution in [2.45, 2.75) is 0 Å². The van der Waals surface area contributed by atoms with Gasteiger partial charge in [0.1, 0.15) is 5.75 Å². The van der Waals surface area contributed by atoms with Crippen molar-refractivity contribution < 1.29 is 19.1 Å². The lowest BCUT2D eigenvalue weighted by Gasteiger charge is -2.14. The molecule has 0 bridgehead atoms. The Morgan fingerprint density at radius 3 is 1.48 bits per heavy atom. The number of hydrogen-bond donors (Lipinski definition) is 2. The lowest BCUT2D eigenvalue weighted by atomic mass is 10.1. The van der Waals surface area contributed by atoms with Crippen LogP contribution in [0.3, 0.4) is 0 Å². The van der Waals surface area contributed by atoms with Crippen LogP contribution in [0.5, 0.6) is 5.75 Å². The van der Waals surface area contributed by atoms with Gasteiger partial charge < -0.3 is 15.4 Å². The van der Waals surface area contributed by atoms with Crippen molar-refractivity contribution in [2.75, 3.05) is 10.6 Å². The molecule has 0 saturated heterocycles. The van der Waals surface area contributed by atoms with Crippen molar-refractivity contribution in [2.24, 2.45) is 0 Å². The summed E-state index contributed by atoms with van der Waals surface area (Å²) in [5, 5.41) is 5.59. The van der Waals surface area contributed by atoms with E-state index >= 15 is 0 Å². The van der Waals surface area contributed by atoms with Crippen LogP contribution < -0.4 is 15.4 Å². The largest absolute Gasteiger partial charge is 0.423 e. The lowest BCUT2D eigenvalue weighted by molar-refractivity contribution is 0.0734. The number of anilines is 2. The molecule has 0 aliphatic heterocycles. The molecule has 0 saturated carbocycles. The summed E-state index contributed by atoms with van der Waals surface area (Å²) in [5.41, 5.74) is 1.98. The molecule has 2 N–H and O–H groups in total. The van der Waals surface area contributed by atoms with Crippen LogP contribution in [0.25, 0.3) is 0 Å². The third kappa shape index (κ3) is 5.51. The van der Waals surface area contributed by atoms with E-state index in [-0.39, 0.29) is 17.6 Å². The number of amides is 2. The van der Waals surface area contributed by atoms with E-state index in [1.165, 1.54) is 6.07 Å². The van der Waals surface area contributed by atoms with Gasteiger partial charge in [0.15, 0.2) is 0 Å². The maximum atomic E-state index is 12.7. The summed E-state index contributed by atoms with van der Waals surface area (Å²) in [7, 11) is 0. The van der Waals surface area contributed by atoms with Gasteiger partial charge in [0, 0.05) is 17.2 Å². The molecule has 0 aliphatic carbocycles. The van der Waals surface area contributed by atoms with Crippen molar-refractivity contribution in [1.82, 2.24) is 0 Å². The molecule has 0 radical (unpaired) electrons. The lowest BCUT2D eigenvalue weighted by Crippen LogP contribution is -2.17. The van der Waals surface area contributed by atoms with E-state index in [2.05, 4.69) is 10.6 Å². The summed E-state index contributed by atoms with van der Waals surface area (Å²) >= 11 is 0. The van der Waals surface area contributed by atoms with Crippen LogP contribution >= 0.6 is 0 Å². The van der Waals surface area contributed by atoms with Crippen molar-refractivity contribution in [3.63, 3.8) is 0 Å². The minimum absolute atomic E-state index is 0.227. The normalized spacial score (nSPS) is 10.2. The van der Waals surface area contributed by atoms with Crippen molar-refractivity contribution in [3.8, 4) is 5.75 Å². The first-order valence-corrected chi connectivity index (χ1v) is 10.2. The highest BCUT2D eigenvalue weighted by Gasteiger charge is 2.15. The van der Waals surface area contributed by atoms with E-state index in [0.29, 0.717) is 28.1 Å². The second-order valence-corrected chi connectivity index (χ2v) is 7.10. The van der Waals surface area contributed by atoms with Crippen molar-refractivity contribution in [3.05, 3.63) is 126 Å². The molecule has 4 aromatic carbocycles. The van der Waals surface area contributed by atoms with Crippen molar-refractivity contribution >= 4 is 29.2 Å². The maximum absolute atomic E-state index is 12.7. The van der Waals surface area contributed by atoms with Crippen LogP contribution in [-0.2, 0) is 0 Å². The second kappa shape index (κ2) is 10.1. The fourth-order valence-corrected chi connectivity index (χ4v) is 3.11. The van der Waals surface area contributed by atoms with E-state index in [9.17, 15) is 14.4 Å². The zero-order valence-electron chi connectivity index (χ0n) is 17.5. The summed E-state index contributed by atoms with van der Waals surface area (Å²) in [6.07, 6.45) is 0. The average Bonchev–Trinajstić information content (AvgIpc) is 2.87. The molecule has 6 nitrogen and oxygen atoms in total. The Labute approximate surface area is 190 Å². The third-order valence-electron chi connectivity index (χ3n) is 4.78. The van der Waals surface area contributed by atoms with Gasteiger partial charge in [-0.05, 0) is 48.5 Å². The number of ether oxygens (including phenoxy) is 1. The van der Waals surface area contributed by atoms with E-state index in [1.807, 2.05) is 12.1 Å². The quantitative estimate of drug-likeness (QED) is 0.313. The fourth-order valence-electron chi connectivity index (χ4n) is 3.11. The van der Waals surface area contributed by atoms with Crippen LogP contribution in [-0.4, -0.2) is 17.8 Å². The molecular formula is C27H20N2O4. The molecule has 162 valence electrons. The van der Waals surface area contributed by atoms with Gasteiger partial charge in [-0.3, -0.25) is 9.59 Å². The molecule has 0 aromatic heterocycles. The molecule has 6 heteroatoms. The molecule has 0 unspecified atom stereocenters. The van der Waals surface area contributed by atoms with E-state index in [4.69, 9.17) is 4.74 Å². The van der Waals surface area contributed by atoms with Crippen LogP contribution in [0, 0.1) is 0 Å². The number of carbonyl (C=O) groups is 3. The minimum Gasteiger partial charge on any atom is -0.423 e. The first-order valence-electron chi connectivity index (χ1n) is 10.2. The Kier molecular flexibility index (Phi) is 6.56. The standard InChI is InChI=1S/C27H20N2O4/c30-25(19-10-4-1-5-11-19)28-23-17-16-22(33-27(32)21-14-8-3-9-15-21)18-24(23)29-26(31)20-12-6-2-7-13-20/h1-18H,(H,28,30)(H,29,31). The van der Waals surface area contributed by atoms with Crippen LogP contribution in [0.4, 0.5) is 11.4 Å². The number of nitrogens with one attached hydrogen (secondary N) is 2. The molecule has 0 spiro atoms. The molecule has 4 rings (SSSR count). The molecule has 2 amide bonds. The highest BCUT2D eigenvalue weighted by Crippen LogP contribution is 2.29. The van der Waals surface area contributed by atoms with Gasteiger partial charge >= 0.3 is 5.97 Å². The Bertz CT molecular complexity index is 1270. The maximum Gasteiger partial charge on any atom is 0.343 e. The van der Waals surface area contributed by atoms with Gasteiger partial charge in [0.05, 0.1) is 16.9 Å². The number of esters is 1. The molecule has 0 atom stereocenters. The summed E-state index contributed by atoms with van der Waals surface area (Å²) in [6, 6.07) is 30.6. The number of benzene rings is 4. The monoisotopic (exact) mass is 436 g/mol. The molecular weight excluding hydrogens is 416 g/mol. The molecule has 4 aromatic rings. The topological polar surface area (TPSA) is 84.5 Å². The second-order valence-electron chi connectivity index (χ2n) is 7.10. The number of hydrogen-bond acceptors (Lipinski definition) is 4. The first kappa shape index (κ1) is 21.5. The number of rotatable bonds is 6. The van der Waals surface area contributed by atoms with Gasteiger partial charge in [-0.1, -0.05) is 54.6 Å². The molecule has 0 fully saturated rings. The Morgan fingerprint density at radius 2 is 0.970 bits per heavy atom. The highest BCUT2D eigenvalue weighted by atomic mass is 16.5. The van der Waals surface area contributed by atoms with Gasteiger partial charge in [-0.2, -0.15) is 0 Å². The SMILES string of the molecule is O=C(Nc1ccc(OC(=O)c2ccccc2)cc1NC(=O)c1ccccc1)c1ccccc1. The van der Waals surface area contributed by atoms with Gasteiger partial charge in [0.2, 0.25) is 0 Å². The summed E-state index contributed by atoms with van der Waals surface area (Å²) < 4.78 is 5.47. The third-order valence-corrected chi connectivity index (χ3v) is 4.78. The van der Waals surface area contributed by atoms with Gasteiger partial charge in [0.25, 0.3) is 11.8 Å². The number of carbonyl (C=O) groups excluding carboxylic acids is 3. The Hall–Kier alpha value is -4.71. The zero-order chi connectivity index (χ0) is 23.0. The molecule has 0 heterocycles. The summed E-state index contributed by atoms with van der Waals surface area (Å²) in [4.78, 5) is 37.8. The minimum atomic E-state index is -0.531. The first-order chi connectivity index (χ1) is 16.1. The highest BCUT2D eigenvalue weighted by molar-refractivity contribution is 6.10. The van der Waals surface area contributed by atoms with Crippen LogP contribution in [0.1, 0.15) is 31.1 Å². The van der Waals surface area contributed by atoms with E-state index in [0.717, 1.165) is 0 Å². The Balaban J connectivity index is 1.61. The van der Waals surface area contributed by atoms with Gasteiger partial charge in [-0.15, -0.1) is 0 Å². The van der Waals surface area contributed by atoms with E-state index < -0.39 is 5.97 Å². The van der Waals surface area contributed by atoms with E-state index in [1.54, 1.807) is 91.0 Å². The van der Waals surface area contributed by atoms with Crippen LogP contribution in [0.15, 0.2) is 109 Å². The Morgan fingerprint density at radius 1 is 0.515 bits per heavy atom. The fraction of sp³-hybridized carbons (Fsp3) is 0. The zero-order valence-corrected chi connectivity index (χ0v) is 17.5. The average molecular weight is 436 g/mol. The summed E-state index contributed by atoms with van der Waals surface area (Å²) in [5.74, 6) is -1.00. The predicted molar refractivity (Wildman–Crippen MR) is 127 cm³/mol. The smallest absolute Gasteiger partial charge is 0.343 e. The molecule has 33 heavy (non-hydrogen) atoms. The van der Waals surface area contributed by atoms with Crippen molar-refractivity contribution in [1.29, 1.82) is 0 Å². The predicted octanol–water partition coefficient (Wildman–Crippen LogP) is 5.41. The van der Waals surface area contributed by atoms with Gasteiger partial charge in [-0.25, -0.2) is 4.79 Å². The van der Waals surface area contributed by atoms with Crippen LogP contribution in [0.2, 0.25) is 0 Å². The molecule has 0 aliphatic rings. The summed E-state index contributed by atoms with van der Waals surface area (Å²) in [6.45, 7) is 0.